The average Bonchev–Trinajstić information content (AvgIpc) is 2.59. The maximum absolute atomic E-state index is 12.0. The van der Waals surface area contributed by atoms with Crippen LogP contribution in [-0.4, -0.2) is 132 Å². The summed E-state index contributed by atoms with van der Waals surface area (Å²) in [5, 5.41) is 32.3. The van der Waals surface area contributed by atoms with Crippen molar-refractivity contribution in [3.8, 4) is 0 Å². The Kier molecular flexibility index (Phi) is 10.6. The second kappa shape index (κ2) is 12.6. The van der Waals surface area contributed by atoms with E-state index in [0.29, 0.717) is 0 Å². The number of carbonyl (C=O) groups excluding carboxylic acids is 2. The monoisotopic (exact) mass is 417 g/mol. The summed E-state index contributed by atoms with van der Waals surface area (Å²) in [6, 6.07) is 0. The van der Waals surface area contributed by atoms with Crippen LogP contribution in [0.5, 0.6) is 0 Å². The maximum Gasteiger partial charge on any atom is 0.317 e. The standard InChI is InChI=1S/C16H27N5O8/c22-12-7-20(10-15(26)27)5-3-19(9-14(24)25)4-6-21(11-16(28)29)8-13(23)18-2-1-17-12/h1-11H2,(H,17,22)(H,18,23)(H,24,25)(H,26,27)(H,28,29). The van der Waals surface area contributed by atoms with Crippen LogP contribution in [0.2, 0.25) is 0 Å². The number of rotatable bonds is 6. The van der Waals surface area contributed by atoms with E-state index in [0.717, 1.165) is 0 Å². The van der Waals surface area contributed by atoms with Crippen molar-refractivity contribution in [2.75, 3.05) is 72.0 Å². The molecular formula is C16H27N5O8. The zero-order valence-corrected chi connectivity index (χ0v) is 16.0. The molecule has 1 aliphatic rings. The molecule has 0 aliphatic carbocycles. The number of hydrogen-bond acceptors (Lipinski definition) is 8. The van der Waals surface area contributed by atoms with Crippen LogP contribution in [-0.2, 0) is 24.0 Å². The van der Waals surface area contributed by atoms with Gasteiger partial charge in [0.1, 0.15) is 0 Å². The Bertz CT molecular complexity index is 570. The molecule has 0 spiro atoms. The molecule has 2 amide bonds. The summed E-state index contributed by atoms with van der Waals surface area (Å²) in [5.74, 6) is -4.20. The van der Waals surface area contributed by atoms with E-state index in [1.54, 1.807) is 0 Å². The largest absolute Gasteiger partial charge is 0.480 e. The Hall–Kier alpha value is -2.77. The van der Waals surface area contributed by atoms with Crippen molar-refractivity contribution < 1.29 is 39.3 Å². The van der Waals surface area contributed by atoms with E-state index in [9.17, 15) is 24.0 Å². The van der Waals surface area contributed by atoms with Crippen molar-refractivity contribution in [3.63, 3.8) is 0 Å². The summed E-state index contributed by atoms with van der Waals surface area (Å²) < 4.78 is 0. The van der Waals surface area contributed by atoms with Crippen LogP contribution in [0.3, 0.4) is 0 Å². The van der Waals surface area contributed by atoms with E-state index in [1.807, 2.05) is 0 Å². The molecule has 1 heterocycles. The summed E-state index contributed by atoms with van der Waals surface area (Å²) in [7, 11) is 0. The third kappa shape index (κ3) is 11.6. The van der Waals surface area contributed by atoms with Crippen LogP contribution in [0.25, 0.3) is 0 Å². The number of hydrogen-bond donors (Lipinski definition) is 5. The van der Waals surface area contributed by atoms with Gasteiger partial charge >= 0.3 is 17.9 Å². The Morgan fingerprint density at radius 2 is 0.966 bits per heavy atom. The van der Waals surface area contributed by atoms with Gasteiger partial charge in [-0.05, 0) is 0 Å². The highest BCUT2D eigenvalue weighted by Crippen LogP contribution is 1.97. The van der Waals surface area contributed by atoms with Gasteiger partial charge in [0.2, 0.25) is 11.8 Å². The Balaban J connectivity index is 2.91. The molecule has 1 rings (SSSR count). The molecule has 0 aromatic carbocycles. The van der Waals surface area contributed by atoms with E-state index >= 15 is 0 Å². The first-order valence-corrected chi connectivity index (χ1v) is 9.01. The number of carbonyl (C=O) groups is 5. The molecule has 0 atom stereocenters. The molecule has 1 fully saturated rings. The first kappa shape index (κ1) is 24.3. The van der Waals surface area contributed by atoms with Gasteiger partial charge in [-0.25, -0.2) is 0 Å². The molecule has 0 saturated carbocycles. The zero-order chi connectivity index (χ0) is 21.8. The first-order valence-electron chi connectivity index (χ1n) is 9.01. The van der Waals surface area contributed by atoms with Crippen molar-refractivity contribution in [1.82, 2.24) is 25.3 Å². The summed E-state index contributed by atoms with van der Waals surface area (Å²) in [5.41, 5.74) is 0. The molecule has 1 aliphatic heterocycles. The Morgan fingerprint density at radius 3 is 1.31 bits per heavy atom. The van der Waals surface area contributed by atoms with Crippen molar-refractivity contribution in [1.29, 1.82) is 0 Å². The molecule has 0 unspecified atom stereocenters. The van der Waals surface area contributed by atoms with Gasteiger partial charge in [0, 0.05) is 39.3 Å². The predicted octanol–water partition coefficient (Wildman–Crippen LogP) is -3.61. The molecule has 13 heteroatoms. The predicted molar refractivity (Wildman–Crippen MR) is 98.2 cm³/mol. The highest BCUT2D eigenvalue weighted by atomic mass is 16.4. The van der Waals surface area contributed by atoms with Gasteiger partial charge in [-0.15, -0.1) is 0 Å². The fourth-order valence-electron chi connectivity index (χ4n) is 2.76. The van der Waals surface area contributed by atoms with Gasteiger partial charge in [0.05, 0.1) is 32.7 Å². The van der Waals surface area contributed by atoms with Gasteiger partial charge in [0.25, 0.3) is 0 Å². The van der Waals surface area contributed by atoms with Gasteiger partial charge in [-0.3, -0.25) is 38.7 Å². The van der Waals surface area contributed by atoms with Crippen LogP contribution < -0.4 is 10.6 Å². The Labute approximate surface area is 167 Å². The Morgan fingerprint density at radius 1 is 0.655 bits per heavy atom. The fraction of sp³-hybridized carbons (Fsp3) is 0.688. The maximum atomic E-state index is 12.0. The highest BCUT2D eigenvalue weighted by molar-refractivity contribution is 5.80. The highest BCUT2D eigenvalue weighted by Gasteiger charge is 2.20. The van der Waals surface area contributed by atoms with Gasteiger partial charge in [-0.1, -0.05) is 0 Å². The van der Waals surface area contributed by atoms with Crippen LogP contribution in [0.4, 0.5) is 0 Å². The number of aliphatic carboxylic acids is 3. The van der Waals surface area contributed by atoms with Crippen molar-refractivity contribution in [2.24, 2.45) is 0 Å². The number of carboxylic acid groups (broad SMARTS) is 3. The molecule has 0 aromatic heterocycles. The summed E-state index contributed by atoms with van der Waals surface area (Å²) >= 11 is 0. The SMILES string of the molecule is O=C(O)CN1CCN(CC(=O)O)CC(=O)NCCNC(=O)CN(CC(=O)O)CC1. The molecule has 0 aromatic rings. The third-order valence-electron chi connectivity index (χ3n) is 4.05. The molecule has 29 heavy (non-hydrogen) atoms. The fourth-order valence-corrected chi connectivity index (χ4v) is 2.76. The minimum Gasteiger partial charge on any atom is -0.480 e. The summed E-state index contributed by atoms with van der Waals surface area (Å²) in [4.78, 5) is 61.4. The van der Waals surface area contributed by atoms with Crippen LogP contribution in [0.15, 0.2) is 0 Å². The minimum absolute atomic E-state index is 0.128. The second-order valence-corrected chi connectivity index (χ2v) is 6.58. The number of amides is 2. The van der Waals surface area contributed by atoms with Crippen molar-refractivity contribution >= 4 is 29.7 Å². The number of nitrogens with zero attached hydrogens (tertiary/aromatic N) is 3. The van der Waals surface area contributed by atoms with Gasteiger partial charge in [-0.2, -0.15) is 0 Å². The molecule has 0 bridgehead atoms. The quantitative estimate of drug-likeness (QED) is 0.288. The topological polar surface area (TPSA) is 180 Å². The van der Waals surface area contributed by atoms with E-state index in [1.165, 1.54) is 14.7 Å². The normalized spacial score (nSPS) is 19.4. The van der Waals surface area contributed by atoms with E-state index in [-0.39, 0.29) is 58.9 Å². The summed E-state index contributed by atoms with van der Waals surface area (Å²) in [6.07, 6.45) is 0. The second-order valence-electron chi connectivity index (χ2n) is 6.58. The lowest BCUT2D eigenvalue weighted by atomic mass is 10.3. The van der Waals surface area contributed by atoms with Crippen LogP contribution in [0.1, 0.15) is 0 Å². The molecule has 5 N–H and O–H groups in total. The molecule has 0 radical (unpaired) electrons. The lowest BCUT2D eigenvalue weighted by molar-refractivity contribution is -0.141. The molecule has 13 nitrogen and oxygen atoms in total. The molecule has 1 saturated heterocycles. The first-order chi connectivity index (χ1) is 13.7. The van der Waals surface area contributed by atoms with Crippen LogP contribution in [0, 0.1) is 0 Å². The average molecular weight is 417 g/mol. The summed E-state index contributed by atoms with van der Waals surface area (Å²) in [6.45, 7) is -0.678. The van der Waals surface area contributed by atoms with Gasteiger partial charge in [0.15, 0.2) is 0 Å². The minimum atomic E-state index is -1.12. The number of carboxylic acids is 3. The molecular weight excluding hydrogens is 390 g/mol. The lowest BCUT2D eigenvalue weighted by Crippen LogP contribution is -2.46. The third-order valence-corrected chi connectivity index (χ3v) is 4.05. The smallest absolute Gasteiger partial charge is 0.317 e. The number of nitrogens with one attached hydrogen (secondary N) is 2. The van der Waals surface area contributed by atoms with Crippen LogP contribution >= 0.6 is 0 Å². The van der Waals surface area contributed by atoms with E-state index in [4.69, 9.17) is 15.3 Å². The molecule has 164 valence electrons. The van der Waals surface area contributed by atoms with Crippen molar-refractivity contribution in [2.45, 2.75) is 0 Å². The van der Waals surface area contributed by atoms with Gasteiger partial charge < -0.3 is 26.0 Å². The zero-order valence-electron chi connectivity index (χ0n) is 16.0. The van der Waals surface area contributed by atoms with E-state index < -0.39 is 42.8 Å². The van der Waals surface area contributed by atoms with Crippen molar-refractivity contribution in [3.05, 3.63) is 0 Å². The van der Waals surface area contributed by atoms with E-state index in [2.05, 4.69) is 10.6 Å². The lowest BCUT2D eigenvalue weighted by Gasteiger charge is -2.27.